The SMILES string of the molecule is CCCCOCC(O)CN(CCC(C)C)CCC(C)C. The fourth-order valence-corrected chi connectivity index (χ4v) is 1.99. The van der Waals surface area contributed by atoms with Crippen LogP contribution in [-0.2, 0) is 4.74 Å². The minimum absolute atomic E-state index is 0.355. The zero-order valence-electron chi connectivity index (χ0n) is 14.4. The fourth-order valence-electron chi connectivity index (χ4n) is 1.99. The summed E-state index contributed by atoms with van der Waals surface area (Å²) in [5, 5.41) is 10.1. The topological polar surface area (TPSA) is 32.7 Å². The second-order valence-electron chi connectivity index (χ2n) is 6.75. The summed E-state index contributed by atoms with van der Waals surface area (Å²) in [4.78, 5) is 2.40. The van der Waals surface area contributed by atoms with Crippen LogP contribution in [0.25, 0.3) is 0 Å². The van der Waals surface area contributed by atoms with E-state index in [1.807, 2.05) is 0 Å². The lowest BCUT2D eigenvalue weighted by molar-refractivity contribution is 0.0144. The lowest BCUT2D eigenvalue weighted by Crippen LogP contribution is -2.37. The van der Waals surface area contributed by atoms with E-state index < -0.39 is 0 Å². The quantitative estimate of drug-likeness (QED) is 0.526. The van der Waals surface area contributed by atoms with Crippen molar-refractivity contribution in [3.05, 3.63) is 0 Å². The van der Waals surface area contributed by atoms with Crippen LogP contribution in [0.2, 0.25) is 0 Å². The molecule has 0 radical (unpaired) electrons. The van der Waals surface area contributed by atoms with Gasteiger partial charge in [0.05, 0.1) is 12.7 Å². The average Bonchev–Trinajstić information content (AvgIpc) is 2.37. The Kier molecular flexibility index (Phi) is 12.5. The summed E-state index contributed by atoms with van der Waals surface area (Å²) in [6.45, 7) is 15.3. The number of hydrogen-bond donors (Lipinski definition) is 1. The molecule has 0 aliphatic carbocycles. The molecule has 0 aliphatic rings. The maximum Gasteiger partial charge on any atom is 0.0900 e. The van der Waals surface area contributed by atoms with Crippen LogP contribution in [0.3, 0.4) is 0 Å². The molecular weight excluding hydrogens is 250 g/mol. The Bertz CT molecular complexity index is 195. The van der Waals surface area contributed by atoms with Crippen molar-refractivity contribution in [2.45, 2.75) is 66.4 Å². The smallest absolute Gasteiger partial charge is 0.0900 e. The summed E-state index contributed by atoms with van der Waals surface area (Å²) in [6, 6.07) is 0. The van der Waals surface area contributed by atoms with Gasteiger partial charge >= 0.3 is 0 Å². The van der Waals surface area contributed by atoms with Crippen molar-refractivity contribution in [2.24, 2.45) is 11.8 Å². The molecular formula is C17H37NO2. The maximum absolute atomic E-state index is 10.1. The summed E-state index contributed by atoms with van der Waals surface area (Å²) < 4.78 is 5.51. The second kappa shape index (κ2) is 12.6. The van der Waals surface area contributed by atoms with E-state index in [0.717, 1.165) is 50.9 Å². The molecule has 0 bridgehead atoms. The number of nitrogens with zero attached hydrogens (tertiary/aromatic N) is 1. The molecule has 122 valence electrons. The number of hydrogen-bond acceptors (Lipinski definition) is 3. The molecule has 0 aliphatic heterocycles. The highest BCUT2D eigenvalue weighted by Crippen LogP contribution is 2.07. The summed E-state index contributed by atoms with van der Waals surface area (Å²) in [7, 11) is 0. The number of ether oxygens (including phenoxy) is 1. The summed E-state index contributed by atoms with van der Waals surface area (Å²) in [6.07, 6.45) is 4.26. The number of aliphatic hydroxyl groups excluding tert-OH is 1. The van der Waals surface area contributed by atoms with E-state index in [0.29, 0.717) is 6.61 Å². The molecule has 0 saturated heterocycles. The Hall–Kier alpha value is -0.120. The van der Waals surface area contributed by atoms with E-state index in [-0.39, 0.29) is 6.10 Å². The molecule has 0 rings (SSSR count). The minimum atomic E-state index is -0.355. The highest BCUT2D eigenvalue weighted by atomic mass is 16.5. The summed E-state index contributed by atoms with van der Waals surface area (Å²) in [5.41, 5.74) is 0. The molecule has 0 aromatic rings. The second-order valence-corrected chi connectivity index (χ2v) is 6.75. The Morgan fingerprint density at radius 1 is 1.00 bits per heavy atom. The third-order valence-corrected chi connectivity index (χ3v) is 3.47. The van der Waals surface area contributed by atoms with E-state index in [1.54, 1.807) is 0 Å². The molecule has 0 spiro atoms. The van der Waals surface area contributed by atoms with Gasteiger partial charge in [-0.1, -0.05) is 41.0 Å². The van der Waals surface area contributed by atoms with Gasteiger partial charge in [0.1, 0.15) is 0 Å². The Morgan fingerprint density at radius 3 is 2.00 bits per heavy atom. The van der Waals surface area contributed by atoms with Gasteiger partial charge in [0.15, 0.2) is 0 Å². The van der Waals surface area contributed by atoms with E-state index >= 15 is 0 Å². The number of rotatable bonds is 13. The third-order valence-electron chi connectivity index (χ3n) is 3.47. The van der Waals surface area contributed by atoms with Gasteiger partial charge in [-0.15, -0.1) is 0 Å². The first-order valence-corrected chi connectivity index (χ1v) is 8.43. The van der Waals surface area contributed by atoms with Crippen LogP contribution in [0.5, 0.6) is 0 Å². The van der Waals surface area contributed by atoms with Gasteiger partial charge < -0.3 is 14.7 Å². The minimum Gasteiger partial charge on any atom is -0.389 e. The van der Waals surface area contributed by atoms with Crippen LogP contribution >= 0.6 is 0 Å². The molecule has 1 N–H and O–H groups in total. The van der Waals surface area contributed by atoms with Crippen molar-refractivity contribution in [3.63, 3.8) is 0 Å². The number of unbranched alkanes of at least 4 members (excludes halogenated alkanes) is 1. The van der Waals surface area contributed by atoms with Gasteiger partial charge in [-0.25, -0.2) is 0 Å². The lowest BCUT2D eigenvalue weighted by Gasteiger charge is -2.26. The lowest BCUT2D eigenvalue weighted by atomic mass is 10.1. The standard InChI is InChI=1S/C17H37NO2/c1-6-7-12-20-14-17(19)13-18(10-8-15(2)3)11-9-16(4)5/h15-17,19H,6-14H2,1-5H3. The molecule has 0 saturated carbocycles. The molecule has 0 aromatic heterocycles. The van der Waals surface area contributed by atoms with Crippen molar-refractivity contribution in [3.8, 4) is 0 Å². The molecule has 0 fully saturated rings. The third kappa shape index (κ3) is 12.9. The van der Waals surface area contributed by atoms with Crippen LogP contribution in [0.4, 0.5) is 0 Å². The van der Waals surface area contributed by atoms with E-state index in [9.17, 15) is 5.11 Å². The zero-order chi connectivity index (χ0) is 15.4. The van der Waals surface area contributed by atoms with Gasteiger partial charge in [-0.2, -0.15) is 0 Å². The van der Waals surface area contributed by atoms with Crippen LogP contribution in [0.1, 0.15) is 60.3 Å². The van der Waals surface area contributed by atoms with Gasteiger partial charge in [0.2, 0.25) is 0 Å². The Balaban J connectivity index is 3.97. The normalized spacial score (nSPS) is 13.7. The molecule has 3 nitrogen and oxygen atoms in total. The first kappa shape index (κ1) is 19.9. The van der Waals surface area contributed by atoms with E-state index in [4.69, 9.17) is 4.74 Å². The zero-order valence-corrected chi connectivity index (χ0v) is 14.4. The summed E-state index contributed by atoms with van der Waals surface area (Å²) >= 11 is 0. The van der Waals surface area contributed by atoms with Crippen molar-refractivity contribution < 1.29 is 9.84 Å². The van der Waals surface area contributed by atoms with Crippen molar-refractivity contribution in [2.75, 3.05) is 32.8 Å². The van der Waals surface area contributed by atoms with Crippen molar-refractivity contribution in [1.29, 1.82) is 0 Å². The van der Waals surface area contributed by atoms with Crippen LogP contribution in [-0.4, -0.2) is 49.0 Å². The van der Waals surface area contributed by atoms with Gasteiger partial charge in [-0.05, 0) is 44.2 Å². The molecule has 3 heteroatoms. The monoisotopic (exact) mass is 287 g/mol. The molecule has 1 unspecified atom stereocenters. The molecule has 20 heavy (non-hydrogen) atoms. The van der Waals surface area contributed by atoms with Gasteiger partial charge in [0, 0.05) is 13.2 Å². The van der Waals surface area contributed by atoms with E-state index in [2.05, 4.69) is 39.5 Å². The van der Waals surface area contributed by atoms with Crippen LogP contribution in [0.15, 0.2) is 0 Å². The van der Waals surface area contributed by atoms with E-state index in [1.165, 1.54) is 12.8 Å². The van der Waals surface area contributed by atoms with Crippen molar-refractivity contribution >= 4 is 0 Å². The largest absolute Gasteiger partial charge is 0.389 e. The maximum atomic E-state index is 10.1. The molecule has 0 amide bonds. The van der Waals surface area contributed by atoms with Crippen LogP contribution < -0.4 is 0 Å². The molecule has 0 aromatic carbocycles. The highest BCUT2D eigenvalue weighted by Gasteiger charge is 2.13. The predicted molar refractivity (Wildman–Crippen MR) is 87.1 cm³/mol. The molecule has 0 heterocycles. The highest BCUT2D eigenvalue weighted by molar-refractivity contribution is 4.66. The first-order chi connectivity index (χ1) is 9.45. The Morgan fingerprint density at radius 2 is 1.55 bits per heavy atom. The Labute approximate surface area is 126 Å². The predicted octanol–water partition coefficient (Wildman–Crippen LogP) is 3.56. The molecule has 1 atom stereocenters. The van der Waals surface area contributed by atoms with Crippen LogP contribution in [0, 0.1) is 11.8 Å². The fraction of sp³-hybridized carbons (Fsp3) is 1.00. The first-order valence-electron chi connectivity index (χ1n) is 8.43. The van der Waals surface area contributed by atoms with Gasteiger partial charge in [-0.3, -0.25) is 0 Å². The van der Waals surface area contributed by atoms with Gasteiger partial charge in [0.25, 0.3) is 0 Å². The average molecular weight is 287 g/mol. The summed E-state index contributed by atoms with van der Waals surface area (Å²) in [5.74, 6) is 1.43. The number of aliphatic hydroxyl groups is 1. The van der Waals surface area contributed by atoms with Crippen molar-refractivity contribution in [1.82, 2.24) is 4.90 Å².